The molecule has 0 fully saturated rings. The van der Waals surface area contributed by atoms with Crippen LogP contribution in [0.2, 0.25) is 0 Å². The summed E-state index contributed by atoms with van der Waals surface area (Å²) in [6, 6.07) is 2.20. The van der Waals surface area contributed by atoms with Crippen LogP contribution in [0.5, 0.6) is 0 Å². The highest BCUT2D eigenvalue weighted by molar-refractivity contribution is 5.45. The second-order valence-electron chi connectivity index (χ2n) is 3.14. The molecule has 0 bridgehead atoms. The molecular weight excluding hydrogens is 182 g/mol. The Morgan fingerprint density at radius 3 is 2.93 bits per heavy atom. The molecule has 2 aromatic heterocycles. The van der Waals surface area contributed by atoms with E-state index in [4.69, 9.17) is 0 Å². The van der Waals surface area contributed by atoms with Crippen LogP contribution in [0, 0.1) is 0 Å². The molecule has 0 aliphatic rings. The fourth-order valence-corrected chi connectivity index (χ4v) is 1.02. The lowest BCUT2D eigenvalue weighted by atomic mass is 10.4. The van der Waals surface area contributed by atoms with E-state index in [9.17, 15) is 0 Å². The molecule has 0 aliphatic heterocycles. The Hall–Kier alpha value is -1.92. The van der Waals surface area contributed by atoms with Gasteiger partial charge < -0.3 is 5.32 Å². The van der Waals surface area contributed by atoms with E-state index >= 15 is 0 Å². The van der Waals surface area contributed by atoms with Crippen molar-refractivity contribution >= 4 is 11.8 Å². The molecule has 2 rings (SSSR count). The van der Waals surface area contributed by atoms with E-state index in [2.05, 4.69) is 44.9 Å². The Morgan fingerprint density at radius 1 is 1.50 bits per heavy atom. The topological polar surface area (TPSA) is 84.3 Å². The lowest BCUT2D eigenvalue weighted by molar-refractivity contribution is 0.534. The largest absolute Gasteiger partial charge is 0.305 e. The van der Waals surface area contributed by atoms with Crippen LogP contribution < -0.4 is 5.32 Å². The number of aromatic amines is 1. The Kier molecular flexibility index (Phi) is 2.13. The van der Waals surface area contributed by atoms with E-state index in [1.54, 1.807) is 0 Å². The first-order chi connectivity index (χ1) is 6.75. The summed E-state index contributed by atoms with van der Waals surface area (Å²) in [6.45, 7) is 4.12. The minimum Gasteiger partial charge on any atom is -0.305 e. The Balaban J connectivity index is 2.11. The third-order valence-electron chi connectivity index (χ3n) is 1.72. The SMILES string of the molecule is CC(C)n1ccc(Nc2nn[nH]n2)n1. The number of hydrogen-bond acceptors (Lipinski definition) is 5. The van der Waals surface area contributed by atoms with Crippen LogP contribution >= 0.6 is 0 Å². The molecule has 0 aliphatic carbocycles. The molecule has 74 valence electrons. The molecule has 0 radical (unpaired) electrons. The summed E-state index contributed by atoms with van der Waals surface area (Å²) in [4.78, 5) is 0. The standard InChI is InChI=1S/C7H11N7/c1-5(2)14-4-3-6(11-14)8-7-9-12-13-10-7/h3-5H,1-2H3,(H2,8,9,10,11,12,13). The Bertz CT molecular complexity index is 388. The summed E-state index contributed by atoms with van der Waals surface area (Å²) in [7, 11) is 0. The van der Waals surface area contributed by atoms with Gasteiger partial charge in [0.25, 0.3) is 5.95 Å². The lowest BCUT2D eigenvalue weighted by Crippen LogP contribution is -2.02. The molecule has 0 spiro atoms. The Morgan fingerprint density at radius 2 is 2.36 bits per heavy atom. The van der Waals surface area contributed by atoms with Crippen LogP contribution in [0.4, 0.5) is 11.8 Å². The zero-order valence-corrected chi connectivity index (χ0v) is 7.97. The smallest absolute Gasteiger partial charge is 0.268 e. The van der Waals surface area contributed by atoms with Crippen LogP contribution in [-0.2, 0) is 0 Å². The minimum atomic E-state index is 0.343. The fourth-order valence-electron chi connectivity index (χ4n) is 1.02. The van der Waals surface area contributed by atoms with Crippen LogP contribution in [0.25, 0.3) is 0 Å². The molecule has 2 aromatic rings. The maximum atomic E-state index is 4.27. The number of aromatic nitrogens is 6. The highest BCUT2D eigenvalue weighted by Crippen LogP contribution is 2.10. The van der Waals surface area contributed by atoms with Gasteiger partial charge in [0.1, 0.15) is 0 Å². The van der Waals surface area contributed by atoms with Crippen molar-refractivity contribution in [3.05, 3.63) is 12.3 Å². The zero-order valence-electron chi connectivity index (χ0n) is 7.97. The molecular formula is C7H11N7. The summed E-state index contributed by atoms with van der Waals surface area (Å²) < 4.78 is 1.85. The number of H-pyrrole nitrogens is 1. The monoisotopic (exact) mass is 193 g/mol. The van der Waals surface area contributed by atoms with E-state index in [1.165, 1.54) is 0 Å². The van der Waals surface area contributed by atoms with Gasteiger partial charge in [-0.15, -0.1) is 5.10 Å². The van der Waals surface area contributed by atoms with Crippen LogP contribution in [-0.4, -0.2) is 30.4 Å². The molecule has 0 saturated heterocycles. The predicted octanol–water partition coefficient (Wildman–Crippen LogP) is 0.721. The van der Waals surface area contributed by atoms with Crippen molar-refractivity contribution in [2.75, 3.05) is 5.32 Å². The number of hydrogen-bond donors (Lipinski definition) is 2. The average molecular weight is 193 g/mol. The number of nitrogens with zero attached hydrogens (tertiary/aromatic N) is 5. The molecule has 14 heavy (non-hydrogen) atoms. The second-order valence-corrected chi connectivity index (χ2v) is 3.14. The van der Waals surface area contributed by atoms with Crippen LogP contribution in [0.1, 0.15) is 19.9 Å². The van der Waals surface area contributed by atoms with E-state index in [-0.39, 0.29) is 0 Å². The second kappa shape index (κ2) is 3.44. The van der Waals surface area contributed by atoms with Gasteiger partial charge in [0.15, 0.2) is 5.82 Å². The first-order valence-electron chi connectivity index (χ1n) is 4.31. The van der Waals surface area contributed by atoms with E-state index in [0.29, 0.717) is 17.8 Å². The number of anilines is 2. The van der Waals surface area contributed by atoms with E-state index in [0.717, 1.165) is 0 Å². The molecule has 0 amide bonds. The summed E-state index contributed by atoms with van der Waals surface area (Å²) in [5.74, 6) is 1.12. The normalized spacial score (nSPS) is 10.8. The maximum Gasteiger partial charge on any atom is 0.268 e. The van der Waals surface area contributed by atoms with Crippen molar-refractivity contribution in [2.24, 2.45) is 0 Å². The molecule has 0 saturated carbocycles. The molecule has 0 aromatic carbocycles. The van der Waals surface area contributed by atoms with Crippen molar-refractivity contribution in [2.45, 2.75) is 19.9 Å². The van der Waals surface area contributed by atoms with Gasteiger partial charge in [0.05, 0.1) is 0 Å². The number of nitrogens with one attached hydrogen (secondary N) is 2. The van der Waals surface area contributed by atoms with Crippen LogP contribution in [0.3, 0.4) is 0 Å². The quantitative estimate of drug-likeness (QED) is 0.750. The molecule has 2 heterocycles. The fraction of sp³-hybridized carbons (Fsp3) is 0.429. The van der Waals surface area contributed by atoms with Gasteiger partial charge in [0.2, 0.25) is 0 Å². The minimum absolute atomic E-state index is 0.343. The first kappa shape index (κ1) is 8.67. The first-order valence-corrected chi connectivity index (χ1v) is 4.31. The zero-order chi connectivity index (χ0) is 9.97. The van der Waals surface area contributed by atoms with Gasteiger partial charge >= 0.3 is 0 Å². The van der Waals surface area contributed by atoms with Gasteiger partial charge in [-0.3, -0.25) is 4.68 Å². The number of tetrazole rings is 1. The van der Waals surface area contributed by atoms with Gasteiger partial charge in [0, 0.05) is 18.3 Å². The third kappa shape index (κ3) is 1.70. The summed E-state index contributed by atoms with van der Waals surface area (Å²) in [6.07, 6.45) is 1.90. The third-order valence-corrected chi connectivity index (χ3v) is 1.72. The van der Waals surface area contributed by atoms with Crippen molar-refractivity contribution in [3.63, 3.8) is 0 Å². The van der Waals surface area contributed by atoms with Crippen molar-refractivity contribution < 1.29 is 0 Å². The highest BCUT2D eigenvalue weighted by atomic mass is 15.5. The van der Waals surface area contributed by atoms with Gasteiger partial charge in [-0.05, 0) is 19.1 Å². The maximum absolute atomic E-state index is 4.27. The van der Waals surface area contributed by atoms with Gasteiger partial charge in [-0.1, -0.05) is 5.10 Å². The van der Waals surface area contributed by atoms with Crippen molar-refractivity contribution in [3.8, 4) is 0 Å². The lowest BCUT2D eigenvalue weighted by Gasteiger charge is -2.03. The van der Waals surface area contributed by atoms with Gasteiger partial charge in [-0.2, -0.15) is 10.3 Å². The predicted molar refractivity (Wildman–Crippen MR) is 50.1 cm³/mol. The molecule has 0 atom stereocenters. The molecule has 7 nitrogen and oxygen atoms in total. The average Bonchev–Trinajstić information content (AvgIpc) is 2.75. The van der Waals surface area contributed by atoms with E-state index < -0.39 is 0 Å². The van der Waals surface area contributed by atoms with Crippen molar-refractivity contribution in [1.82, 2.24) is 30.4 Å². The summed E-state index contributed by atoms with van der Waals surface area (Å²) in [5, 5.41) is 20.5. The highest BCUT2D eigenvalue weighted by Gasteiger charge is 2.03. The molecule has 2 N–H and O–H groups in total. The molecule has 7 heteroatoms. The van der Waals surface area contributed by atoms with Crippen LogP contribution in [0.15, 0.2) is 12.3 Å². The van der Waals surface area contributed by atoms with Gasteiger partial charge in [-0.25, -0.2) is 0 Å². The number of rotatable bonds is 3. The summed E-state index contributed by atoms with van der Waals surface area (Å²) in [5.41, 5.74) is 0. The summed E-state index contributed by atoms with van der Waals surface area (Å²) >= 11 is 0. The van der Waals surface area contributed by atoms with Crippen molar-refractivity contribution in [1.29, 1.82) is 0 Å². The molecule has 0 unspecified atom stereocenters. The van der Waals surface area contributed by atoms with E-state index in [1.807, 2.05) is 16.9 Å². The Labute approximate surface area is 80.5 Å².